The molecule has 3 atom stereocenters. The first-order chi connectivity index (χ1) is 8.73. The Hall–Kier alpha value is -0.670. The zero-order chi connectivity index (χ0) is 14.1. The van der Waals surface area contributed by atoms with Gasteiger partial charge in [-0.05, 0) is 70.4 Å². The number of carbonyl (C=O) groups is 1. The Kier molecular flexibility index (Phi) is 2.60. The van der Waals surface area contributed by atoms with Crippen LogP contribution >= 0.6 is 0 Å². The van der Waals surface area contributed by atoms with Crippen LogP contribution in [-0.4, -0.2) is 27.2 Å². The molecule has 0 saturated heterocycles. The van der Waals surface area contributed by atoms with E-state index in [1.54, 1.807) is 13.8 Å². The van der Waals surface area contributed by atoms with E-state index in [1.165, 1.54) is 0 Å². The Morgan fingerprint density at radius 3 is 2.53 bits per heavy atom. The number of hydrogen-bond donors (Lipinski definition) is 2. The predicted octanol–water partition coefficient (Wildman–Crippen LogP) is 2.36. The Morgan fingerprint density at radius 1 is 1.26 bits per heavy atom. The lowest BCUT2D eigenvalue weighted by Gasteiger charge is -2.42. The molecule has 19 heavy (non-hydrogen) atoms. The van der Waals surface area contributed by atoms with Crippen molar-refractivity contribution in [1.82, 2.24) is 0 Å². The molecule has 3 aliphatic rings. The van der Waals surface area contributed by atoms with Crippen LogP contribution in [0.1, 0.15) is 59.3 Å². The first kappa shape index (κ1) is 13.3. The summed E-state index contributed by atoms with van der Waals surface area (Å²) >= 11 is 0. The maximum absolute atomic E-state index is 12.9. The Morgan fingerprint density at radius 2 is 1.89 bits per heavy atom. The second kappa shape index (κ2) is 3.70. The van der Waals surface area contributed by atoms with E-state index in [4.69, 9.17) is 0 Å². The Bertz CT molecular complexity index is 471. The van der Waals surface area contributed by atoms with Gasteiger partial charge in [0.05, 0.1) is 16.6 Å². The van der Waals surface area contributed by atoms with Gasteiger partial charge in [0.15, 0.2) is 5.78 Å². The van der Waals surface area contributed by atoms with Crippen LogP contribution in [0.4, 0.5) is 0 Å². The number of allylic oxidation sites excluding steroid dienone is 1. The van der Waals surface area contributed by atoms with Crippen molar-refractivity contribution in [2.24, 2.45) is 11.3 Å². The normalized spacial score (nSPS) is 42.6. The van der Waals surface area contributed by atoms with E-state index in [2.05, 4.69) is 0 Å². The SMILES string of the molecule is CC(C)(O)[C@@H]1CC[C@]2(O)C3=C(CCCC3)C(=O)[C@]12C. The lowest BCUT2D eigenvalue weighted by Crippen LogP contribution is -2.52. The molecule has 0 amide bonds. The number of aliphatic hydroxyl groups is 2. The molecule has 3 rings (SSSR count). The van der Waals surface area contributed by atoms with Crippen LogP contribution in [0.3, 0.4) is 0 Å². The average Bonchev–Trinajstić information content (AvgIpc) is 2.70. The second-order valence-electron chi connectivity index (χ2n) is 7.30. The number of ketones is 1. The largest absolute Gasteiger partial charge is 0.390 e. The Labute approximate surface area is 114 Å². The third-order valence-electron chi connectivity index (χ3n) is 5.92. The lowest BCUT2D eigenvalue weighted by atomic mass is 9.65. The number of rotatable bonds is 1. The van der Waals surface area contributed by atoms with Gasteiger partial charge in [-0.15, -0.1) is 0 Å². The van der Waals surface area contributed by atoms with E-state index >= 15 is 0 Å². The minimum atomic E-state index is -0.996. The smallest absolute Gasteiger partial charge is 0.168 e. The molecule has 0 heterocycles. The van der Waals surface area contributed by atoms with Gasteiger partial charge in [0.25, 0.3) is 0 Å². The summed E-state index contributed by atoms with van der Waals surface area (Å²) in [6.07, 6.45) is 5.11. The lowest BCUT2D eigenvalue weighted by molar-refractivity contribution is -0.143. The molecule has 2 N–H and O–H groups in total. The quantitative estimate of drug-likeness (QED) is 0.764. The second-order valence-corrected chi connectivity index (χ2v) is 7.30. The molecule has 0 bridgehead atoms. The van der Waals surface area contributed by atoms with Crippen LogP contribution in [-0.2, 0) is 4.79 Å². The standard InChI is InChI=1S/C16H24O3/c1-14(2,18)12-8-9-16(19)11-7-5-4-6-10(11)13(17)15(12,16)3/h12,18-19H,4-9H2,1-3H3/t12-,15-,16-/m0/s1. The fraction of sp³-hybridized carbons (Fsp3) is 0.812. The number of hydrogen-bond acceptors (Lipinski definition) is 3. The molecule has 0 aromatic heterocycles. The number of carbonyl (C=O) groups excluding carboxylic acids is 1. The molecule has 0 aromatic carbocycles. The van der Waals surface area contributed by atoms with Crippen LogP contribution in [0.5, 0.6) is 0 Å². The maximum atomic E-state index is 12.9. The van der Waals surface area contributed by atoms with Gasteiger partial charge < -0.3 is 10.2 Å². The predicted molar refractivity (Wildman–Crippen MR) is 72.6 cm³/mol. The number of fused-ring (bicyclic) bond motifs is 2. The summed E-state index contributed by atoms with van der Waals surface area (Å²) in [5.74, 6) is -0.0579. The molecule has 1 saturated carbocycles. The maximum Gasteiger partial charge on any atom is 0.168 e. The van der Waals surface area contributed by atoms with Gasteiger partial charge in [0.1, 0.15) is 0 Å². The van der Waals surface area contributed by atoms with Crippen molar-refractivity contribution >= 4 is 5.78 Å². The molecule has 0 aliphatic heterocycles. The summed E-state index contributed by atoms with van der Waals surface area (Å²) < 4.78 is 0. The Balaban J connectivity index is 2.12. The van der Waals surface area contributed by atoms with Gasteiger partial charge in [-0.25, -0.2) is 0 Å². The summed E-state index contributed by atoms with van der Waals surface area (Å²) in [6, 6.07) is 0. The van der Waals surface area contributed by atoms with Gasteiger partial charge in [-0.3, -0.25) is 4.79 Å². The van der Waals surface area contributed by atoms with Gasteiger partial charge in [-0.2, -0.15) is 0 Å². The molecular formula is C16H24O3. The zero-order valence-electron chi connectivity index (χ0n) is 12.1. The van der Waals surface area contributed by atoms with E-state index in [1.807, 2.05) is 6.92 Å². The summed E-state index contributed by atoms with van der Waals surface area (Å²) in [4.78, 5) is 12.9. The molecule has 3 heteroatoms. The van der Waals surface area contributed by atoms with Crippen molar-refractivity contribution in [3.63, 3.8) is 0 Å². The van der Waals surface area contributed by atoms with Gasteiger partial charge in [0.2, 0.25) is 0 Å². The van der Waals surface area contributed by atoms with Gasteiger partial charge >= 0.3 is 0 Å². The van der Waals surface area contributed by atoms with Crippen molar-refractivity contribution in [3.05, 3.63) is 11.1 Å². The molecule has 106 valence electrons. The van der Waals surface area contributed by atoms with E-state index < -0.39 is 16.6 Å². The molecule has 0 radical (unpaired) electrons. The molecule has 0 unspecified atom stereocenters. The molecule has 0 aromatic rings. The van der Waals surface area contributed by atoms with Gasteiger partial charge in [0, 0.05) is 5.92 Å². The molecule has 0 spiro atoms. The molecule has 1 fully saturated rings. The fourth-order valence-electron chi connectivity index (χ4n) is 4.99. The average molecular weight is 264 g/mol. The molecule has 3 nitrogen and oxygen atoms in total. The van der Waals surface area contributed by atoms with E-state index in [0.29, 0.717) is 6.42 Å². The fourth-order valence-corrected chi connectivity index (χ4v) is 4.99. The summed E-state index contributed by atoms with van der Waals surface area (Å²) in [7, 11) is 0. The van der Waals surface area contributed by atoms with Crippen molar-refractivity contribution < 1.29 is 15.0 Å². The summed E-state index contributed by atoms with van der Waals surface area (Å²) in [5, 5.41) is 21.6. The molecule has 3 aliphatic carbocycles. The topological polar surface area (TPSA) is 57.5 Å². The minimum Gasteiger partial charge on any atom is -0.390 e. The van der Waals surface area contributed by atoms with Gasteiger partial charge in [-0.1, -0.05) is 0 Å². The highest BCUT2D eigenvalue weighted by Gasteiger charge is 2.69. The molecular weight excluding hydrogens is 240 g/mol. The van der Waals surface area contributed by atoms with Crippen LogP contribution < -0.4 is 0 Å². The summed E-state index contributed by atoms with van der Waals surface area (Å²) in [5.41, 5.74) is -0.864. The van der Waals surface area contributed by atoms with E-state index in [-0.39, 0.29) is 11.7 Å². The first-order valence-electron chi connectivity index (χ1n) is 7.45. The highest BCUT2D eigenvalue weighted by molar-refractivity contribution is 6.06. The third kappa shape index (κ3) is 1.43. The van der Waals surface area contributed by atoms with Crippen molar-refractivity contribution in [3.8, 4) is 0 Å². The van der Waals surface area contributed by atoms with Crippen LogP contribution in [0.25, 0.3) is 0 Å². The highest BCUT2D eigenvalue weighted by Crippen LogP contribution is 2.64. The summed E-state index contributed by atoms with van der Waals surface area (Å²) in [6.45, 7) is 5.40. The zero-order valence-corrected chi connectivity index (χ0v) is 12.1. The van der Waals surface area contributed by atoms with Crippen molar-refractivity contribution in [2.45, 2.75) is 70.5 Å². The third-order valence-corrected chi connectivity index (χ3v) is 5.92. The monoisotopic (exact) mass is 264 g/mol. The van der Waals surface area contributed by atoms with Crippen LogP contribution in [0.2, 0.25) is 0 Å². The van der Waals surface area contributed by atoms with E-state index in [0.717, 1.165) is 43.3 Å². The van der Waals surface area contributed by atoms with Crippen molar-refractivity contribution in [2.75, 3.05) is 0 Å². The van der Waals surface area contributed by atoms with E-state index in [9.17, 15) is 15.0 Å². The van der Waals surface area contributed by atoms with Crippen LogP contribution in [0, 0.1) is 11.3 Å². The number of Topliss-reactive ketones (excluding diaryl/α,β-unsaturated/α-hetero) is 1. The van der Waals surface area contributed by atoms with Crippen molar-refractivity contribution in [1.29, 1.82) is 0 Å². The minimum absolute atomic E-state index is 0.106. The van der Waals surface area contributed by atoms with Crippen LogP contribution in [0.15, 0.2) is 11.1 Å². The first-order valence-corrected chi connectivity index (χ1v) is 7.45. The highest BCUT2D eigenvalue weighted by atomic mass is 16.3.